The summed E-state index contributed by atoms with van der Waals surface area (Å²) in [6.45, 7) is 2.59. The first-order chi connectivity index (χ1) is 21.9. The van der Waals surface area contributed by atoms with Gasteiger partial charge >= 0.3 is 6.03 Å². The number of hydrogen-bond donors (Lipinski definition) is 3. The van der Waals surface area contributed by atoms with E-state index >= 15 is 0 Å². The molecule has 11 heteroatoms. The van der Waals surface area contributed by atoms with E-state index in [0.29, 0.717) is 44.7 Å². The van der Waals surface area contributed by atoms with Crippen LogP contribution >= 0.6 is 23.2 Å². The summed E-state index contributed by atoms with van der Waals surface area (Å²) in [5.74, 6) is -0.337. The predicted octanol–water partition coefficient (Wildman–Crippen LogP) is 6.63. The first-order valence-corrected chi connectivity index (χ1v) is 15.5. The van der Waals surface area contributed by atoms with Gasteiger partial charge in [-0.2, -0.15) is 0 Å². The van der Waals surface area contributed by atoms with E-state index in [1.165, 1.54) is 17.7 Å². The Morgan fingerprint density at radius 3 is 2.11 bits per heavy atom. The SMILES string of the molecule is O=C(CCCc1ccccc1)Nc1ccc(N2CCN(C(=O)Nc3c(Cl)cc(C(=O)NCc4ccncc4)cc3Cl)CC2)cc1. The maximum absolute atomic E-state index is 13.1. The van der Waals surface area contributed by atoms with Gasteiger partial charge in [0, 0.05) is 68.5 Å². The number of amides is 4. The minimum absolute atomic E-state index is 0.00237. The van der Waals surface area contributed by atoms with E-state index in [-0.39, 0.29) is 33.6 Å². The molecule has 0 spiro atoms. The molecular weight excluding hydrogens is 611 g/mol. The zero-order chi connectivity index (χ0) is 31.6. The molecule has 0 bridgehead atoms. The lowest BCUT2D eigenvalue weighted by molar-refractivity contribution is -0.116. The Morgan fingerprint density at radius 2 is 1.44 bits per heavy atom. The summed E-state index contributed by atoms with van der Waals surface area (Å²) in [7, 11) is 0. The van der Waals surface area contributed by atoms with Gasteiger partial charge in [0.25, 0.3) is 5.91 Å². The number of nitrogens with one attached hydrogen (secondary N) is 3. The molecule has 1 aromatic heterocycles. The van der Waals surface area contributed by atoms with Crippen molar-refractivity contribution in [1.29, 1.82) is 0 Å². The molecule has 1 saturated heterocycles. The summed E-state index contributed by atoms with van der Waals surface area (Å²) in [4.78, 5) is 45.9. The van der Waals surface area contributed by atoms with Crippen molar-refractivity contribution >= 4 is 58.1 Å². The van der Waals surface area contributed by atoms with Crippen LogP contribution in [0.5, 0.6) is 0 Å². The van der Waals surface area contributed by atoms with E-state index in [9.17, 15) is 14.4 Å². The van der Waals surface area contributed by atoms with Crippen molar-refractivity contribution in [2.24, 2.45) is 0 Å². The summed E-state index contributed by atoms with van der Waals surface area (Å²) < 4.78 is 0. The molecule has 4 aromatic rings. The average molecular weight is 646 g/mol. The third-order valence-electron chi connectivity index (χ3n) is 7.53. The molecule has 3 aromatic carbocycles. The van der Waals surface area contributed by atoms with Gasteiger partial charge in [0.15, 0.2) is 0 Å². The second kappa shape index (κ2) is 15.4. The third-order valence-corrected chi connectivity index (χ3v) is 8.13. The van der Waals surface area contributed by atoms with Crippen molar-refractivity contribution in [2.75, 3.05) is 41.7 Å². The lowest BCUT2D eigenvalue weighted by Crippen LogP contribution is -2.50. The largest absolute Gasteiger partial charge is 0.368 e. The standard InChI is InChI=1S/C34H34Cl2N6O3/c35-29-21-26(33(44)38-23-25-13-15-37-16-14-25)22-30(36)32(29)40-34(45)42-19-17-41(18-20-42)28-11-9-27(10-12-28)39-31(43)8-4-7-24-5-2-1-3-6-24/h1-3,5-6,9-16,21-22H,4,7-8,17-20,23H2,(H,38,44)(H,39,43)(H,40,45). The number of hydrogen-bond acceptors (Lipinski definition) is 5. The van der Waals surface area contributed by atoms with E-state index in [1.54, 1.807) is 17.3 Å². The molecule has 0 unspecified atom stereocenters. The van der Waals surface area contributed by atoms with Crippen LogP contribution in [0.15, 0.2) is 91.3 Å². The zero-order valence-electron chi connectivity index (χ0n) is 24.6. The van der Waals surface area contributed by atoms with Gasteiger partial charge in [-0.25, -0.2) is 4.79 Å². The van der Waals surface area contributed by atoms with E-state index in [4.69, 9.17) is 23.2 Å². The number of halogens is 2. The molecule has 0 atom stereocenters. The number of pyridine rings is 1. The molecule has 0 saturated carbocycles. The van der Waals surface area contributed by atoms with Crippen LogP contribution in [-0.4, -0.2) is 53.9 Å². The van der Waals surface area contributed by atoms with Gasteiger partial charge in [0.2, 0.25) is 5.91 Å². The Morgan fingerprint density at radius 1 is 0.778 bits per heavy atom. The number of aromatic nitrogens is 1. The fraction of sp³-hybridized carbons (Fsp3) is 0.235. The fourth-order valence-corrected chi connectivity index (χ4v) is 5.62. The highest BCUT2D eigenvalue weighted by molar-refractivity contribution is 6.40. The van der Waals surface area contributed by atoms with Crippen molar-refractivity contribution in [3.63, 3.8) is 0 Å². The molecule has 2 heterocycles. The van der Waals surface area contributed by atoms with Crippen molar-refractivity contribution in [3.8, 4) is 0 Å². The summed E-state index contributed by atoms with van der Waals surface area (Å²) in [5.41, 5.74) is 4.46. The Hall–Kier alpha value is -4.60. The minimum Gasteiger partial charge on any atom is -0.368 e. The lowest BCUT2D eigenvalue weighted by Gasteiger charge is -2.36. The molecule has 1 aliphatic rings. The number of benzene rings is 3. The molecule has 0 radical (unpaired) electrons. The van der Waals surface area contributed by atoms with Gasteiger partial charge in [-0.1, -0.05) is 53.5 Å². The Bertz CT molecular complexity index is 1590. The molecule has 9 nitrogen and oxygen atoms in total. The number of piperazine rings is 1. The highest BCUT2D eigenvalue weighted by atomic mass is 35.5. The number of rotatable bonds is 10. The first-order valence-electron chi connectivity index (χ1n) is 14.8. The molecular formula is C34H34Cl2N6O3. The van der Waals surface area contributed by atoms with Gasteiger partial charge in [-0.05, 0) is 72.5 Å². The first kappa shape index (κ1) is 31.8. The molecule has 0 aliphatic carbocycles. The summed E-state index contributed by atoms with van der Waals surface area (Å²) >= 11 is 12.9. The van der Waals surface area contributed by atoms with Gasteiger partial charge in [-0.3, -0.25) is 14.6 Å². The molecule has 232 valence electrons. The molecule has 4 amide bonds. The maximum atomic E-state index is 13.1. The Labute approximate surface area is 272 Å². The molecule has 5 rings (SSSR count). The number of aryl methyl sites for hydroxylation is 1. The van der Waals surface area contributed by atoms with Crippen LogP contribution < -0.4 is 20.9 Å². The Kier molecular flexibility index (Phi) is 10.9. The van der Waals surface area contributed by atoms with Gasteiger partial charge < -0.3 is 25.8 Å². The molecule has 3 N–H and O–H groups in total. The minimum atomic E-state index is -0.334. The quantitative estimate of drug-likeness (QED) is 0.180. The van der Waals surface area contributed by atoms with E-state index in [2.05, 4.69) is 38.0 Å². The van der Waals surface area contributed by atoms with Crippen molar-refractivity contribution in [3.05, 3.63) is 118 Å². The van der Waals surface area contributed by atoms with Crippen LogP contribution in [0.1, 0.15) is 34.3 Å². The number of carbonyl (C=O) groups is 3. The molecule has 45 heavy (non-hydrogen) atoms. The van der Waals surface area contributed by atoms with E-state index < -0.39 is 0 Å². The van der Waals surface area contributed by atoms with Crippen LogP contribution in [0.3, 0.4) is 0 Å². The lowest BCUT2D eigenvalue weighted by atomic mass is 10.1. The second-order valence-electron chi connectivity index (χ2n) is 10.7. The Balaban J connectivity index is 1.07. The van der Waals surface area contributed by atoms with Crippen LogP contribution in [0, 0.1) is 0 Å². The summed E-state index contributed by atoms with van der Waals surface area (Å²) in [6, 6.07) is 24.2. The monoisotopic (exact) mass is 644 g/mol. The van der Waals surface area contributed by atoms with E-state index in [0.717, 1.165) is 29.8 Å². The van der Waals surface area contributed by atoms with Crippen LogP contribution in [0.25, 0.3) is 0 Å². The highest BCUT2D eigenvalue weighted by Crippen LogP contribution is 2.32. The number of nitrogens with zero attached hydrogens (tertiary/aromatic N) is 3. The molecule has 1 aliphatic heterocycles. The average Bonchev–Trinajstić information content (AvgIpc) is 3.06. The van der Waals surface area contributed by atoms with Crippen LogP contribution in [-0.2, 0) is 17.8 Å². The fourth-order valence-electron chi connectivity index (χ4n) is 5.04. The highest BCUT2D eigenvalue weighted by Gasteiger charge is 2.23. The van der Waals surface area contributed by atoms with Crippen molar-refractivity contribution in [2.45, 2.75) is 25.8 Å². The zero-order valence-corrected chi connectivity index (χ0v) is 26.2. The van der Waals surface area contributed by atoms with Crippen LogP contribution in [0.2, 0.25) is 10.0 Å². The van der Waals surface area contributed by atoms with Gasteiger partial charge in [0.1, 0.15) is 0 Å². The second-order valence-corrected chi connectivity index (χ2v) is 11.5. The molecule has 1 fully saturated rings. The van der Waals surface area contributed by atoms with Gasteiger partial charge in [0.05, 0.1) is 15.7 Å². The number of anilines is 3. The predicted molar refractivity (Wildman–Crippen MR) is 179 cm³/mol. The normalized spacial score (nSPS) is 12.8. The topological polar surface area (TPSA) is 107 Å². The number of urea groups is 1. The third kappa shape index (κ3) is 8.97. The smallest absolute Gasteiger partial charge is 0.322 e. The summed E-state index contributed by atoms with van der Waals surface area (Å²) in [5, 5.41) is 8.94. The van der Waals surface area contributed by atoms with Crippen LogP contribution in [0.4, 0.5) is 21.9 Å². The maximum Gasteiger partial charge on any atom is 0.322 e. The summed E-state index contributed by atoms with van der Waals surface area (Å²) in [6.07, 6.45) is 5.44. The van der Waals surface area contributed by atoms with Crippen molar-refractivity contribution in [1.82, 2.24) is 15.2 Å². The van der Waals surface area contributed by atoms with Crippen molar-refractivity contribution < 1.29 is 14.4 Å². The number of carbonyl (C=O) groups excluding carboxylic acids is 3. The van der Waals surface area contributed by atoms with Gasteiger partial charge in [-0.15, -0.1) is 0 Å². The van der Waals surface area contributed by atoms with E-state index in [1.807, 2.05) is 54.6 Å².